The number of aromatic nitrogens is 1. The zero-order valence-corrected chi connectivity index (χ0v) is 19.3. The fourth-order valence-corrected chi connectivity index (χ4v) is 4.60. The fraction of sp³-hybridized carbons (Fsp3) is 0.333. The molecule has 0 unspecified atom stereocenters. The van der Waals surface area contributed by atoms with Gasteiger partial charge in [-0.1, -0.05) is 6.07 Å². The van der Waals surface area contributed by atoms with E-state index in [1.807, 2.05) is 30.5 Å². The molecule has 2 aromatic heterocycles. The van der Waals surface area contributed by atoms with Gasteiger partial charge in [-0.25, -0.2) is 0 Å². The number of nitrogens with one attached hydrogen (secondary N) is 1. The lowest BCUT2D eigenvalue weighted by atomic mass is 9.97. The van der Waals surface area contributed by atoms with Crippen molar-refractivity contribution in [2.24, 2.45) is 0 Å². The van der Waals surface area contributed by atoms with E-state index in [2.05, 4.69) is 15.2 Å². The van der Waals surface area contributed by atoms with Crippen LogP contribution in [0.3, 0.4) is 0 Å². The summed E-state index contributed by atoms with van der Waals surface area (Å²) in [5.41, 5.74) is 3.36. The van der Waals surface area contributed by atoms with Crippen LogP contribution in [-0.2, 0) is 4.74 Å². The highest BCUT2D eigenvalue weighted by Crippen LogP contribution is 2.32. The molecule has 1 aliphatic rings. The minimum atomic E-state index is -0.430. The molecule has 1 saturated heterocycles. The highest BCUT2D eigenvalue weighted by atomic mass is 32.1. The third-order valence-electron chi connectivity index (χ3n) is 5.63. The van der Waals surface area contributed by atoms with Gasteiger partial charge in [0.05, 0.1) is 40.0 Å². The number of benzene rings is 1. The highest BCUT2D eigenvalue weighted by Gasteiger charge is 2.20. The number of amides is 1. The van der Waals surface area contributed by atoms with Gasteiger partial charge in [0.2, 0.25) is 0 Å². The number of thiophene rings is 1. The molecule has 1 aliphatic heterocycles. The van der Waals surface area contributed by atoms with Crippen molar-refractivity contribution in [1.82, 2.24) is 15.2 Å². The van der Waals surface area contributed by atoms with E-state index in [1.54, 1.807) is 23.5 Å². The summed E-state index contributed by atoms with van der Waals surface area (Å²) >= 11 is 1.57. The van der Waals surface area contributed by atoms with E-state index in [1.165, 1.54) is 12.1 Å². The van der Waals surface area contributed by atoms with Gasteiger partial charge in [-0.2, -0.15) is 0 Å². The van der Waals surface area contributed by atoms with Crippen molar-refractivity contribution in [3.63, 3.8) is 0 Å². The van der Waals surface area contributed by atoms with Gasteiger partial charge < -0.3 is 10.1 Å². The molecule has 0 radical (unpaired) electrons. The van der Waals surface area contributed by atoms with E-state index in [0.29, 0.717) is 23.4 Å². The van der Waals surface area contributed by atoms with Gasteiger partial charge >= 0.3 is 0 Å². The smallest absolute Gasteiger partial charge is 0.269 e. The van der Waals surface area contributed by atoms with Crippen molar-refractivity contribution < 1.29 is 14.5 Å². The zero-order chi connectivity index (χ0) is 23.2. The number of hydrogen-bond donors (Lipinski definition) is 1. The Bertz CT molecular complexity index is 1110. The predicted octanol–water partition coefficient (Wildman–Crippen LogP) is 4.15. The molecular weight excluding hydrogens is 440 g/mol. The number of non-ortho nitro benzene ring substituents is 1. The Labute approximate surface area is 196 Å². The van der Waals surface area contributed by atoms with E-state index in [-0.39, 0.29) is 11.6 Å². The first-order chi connectivity index (χ1) is 16.0. The molecule has 1 fully saturated rings. The molecule has 172 valence electrons. The molecule has 0 spiro atoms. The lowest BCUT2D eigenvalue weighted by Crippen LogP contribution is -2.38. The lowest BCUT2D eigenvalue weighted by Gasteiger charge is -2.26. The van der Waals surface area contributed by atoms with Crippen LogP contribution in [0.15, 0.2) is 47.8 Å². The summed E-state index contributed by atoms with van der Waals surface area (Å²) in [4.78, 5) is 31.9. The van der Waals surface area contributed by atoms with Crippen LogP contribution in [0.2, 0.25) is 0 Å². The van der Waals surface area contributed by atoms with Crippen LogP contribution >= 0.6 is 11.3 Å². The van der Waals surface area contributed by atoms with Crippen molar-refractivity contribution in [3.05, 3.63) is 69.2 Å². The number of morpholine rings is 1. The molecule has 0 bridgehead atoms. The maximum Gasteiger partial charge on any atom is 0.269 e. The van der Waals surface area contributed by atoms with Crippen LogP contribution < -0.4 is 5.32 Å². The Morgan fingerprint density at radius 3 is 2.67 bits per heavy atom. The van der Waals surface area contributed by atoms with Gasteiger partial charge in [0.25, 0.3) is 11.6 Å². The first-order valence-electron chi connectivity index (χ1n) is 10.9. The number of nitrogens with zero attached hydrogens (tertiary/aromatic N) is 3. The van der Waals surface area contributed by atoms with Crippen LogP contribution in [0.25, 0.3) is 21.7 Å². The molecule has 0 atom stereocenters. The topological polar surface area (TPSA) is 97.6 Å². The number of ether oxygens (including phenoxy) is 1. The Kier molecular flexibility index (Phi) is 7.43. The molecule has 1 aromatic carbocycles. The number of hydrogen-bond acceptors (Lipinski definition) is 7. The average Bonchev–Trinajstić information content (AvgIpc) is 3.37. The second-order valence-electron chi connectivity index (χ2n) is 7.86. The molecule has 0 aliphatic carbocycles. The van der Waals surface area contributed by atoms with Gasteiger partial charge in [0.1, 0.15) is 0 Å². The molecule has 4 rings (SSSR count). The van der Waals surface area contributed by atoms with Crippen LogP contribution in [0, 0.1) is 17.0 Å². The van der Waals surface area contributed by atoms with E-state index >= 15 is 0 Å². The number of carbonyl (C=O) groups is 1. The van der Waals surface area contributed by atoms with Crippen LogP contribution in [0.1, 0.15) is 22.5 Å². The Morgan fingerprint density at radius 2 is 2.00 bits per heavy atom. The van der Waals surface area contributed by atoms with Gasteiger partial charge in [0, 0.05) is 31.8 Å². The number of nitro groups is 1. The molecule has 0 saturated carbocycles. The summed E-state index contributed by atoms with van der Waals surface area (Å²) in [6, 6.07) is 12.1. The Morgan fingerprint density at radius 1 is 1.24 bits per heavy atom. The Balaban J connectivity index is 1.57. The molecule has 8 nitrogen and oxygen atoms in total. The fourth-order valence-electron chi connectivity index (χ4n) is 3.92. The number of aryl methyl sites for hydroxylation is 1. The first kappa shape index (κ1) is 23.0. The zero-order valence-electron chi connectivity index (χ0n) is 18.5. The molecule has 3 heterocycles. The summed E-state index contributed by atoms with van der Waals surface area (Å²) in [5.74, 6) is -0.187. The highest BCUT2D eigenvalue weighted by molar-refractivity contribution is 7.13. The molecule has 1 amide bonds. The third-order valence-corrected chi connectivity index (χ3v) is 6.52. The lowest BCUT2D eigenvalue weighted by molar-refractivity contribution is -0.384. The first-order valence-corrected chi connectivity index (χ1v) is 11.8. The number of pyridine rings is 1. The van der Waals surface area contributed by atoms with E-state index in [0.717, 1.165) is 55.4 Å². The van der Waals surface area contributed by atoms with Gasteiger partial charge in [-0.15, -0.1) is 11.3 Å². The van der Waals surface area contributed by atoms with Crippen molar-refractivity contribution >= 4 is 22.9 Å². The minimum Gasteiger partial charge on any atom is -0.379 e. The van der Waals surface area contributed by atoms with Crippen LogP contribution in [0.4, 0.5) is 5.69 Å². The quantitative estimate of drug-likeness (QED) is 0.304. The van der Waals surface area contributed by atoms with Gasteiger partial charge in [-0.3, -0.25) is 24.8 Å². The van der Waals surface area contributed by atoms with Crippen molar-refractivity contribution in [1.29, 1.82) is 0 Å². The van der Waals surface area contributed by atoms with Crippen molar-refractivity contribution in [2.75, 3.05) is 39.4 Å². The summed E-state index contributed by atoms with van der Waals surface area (Å²) in [5, 5.41) is 16.1. The maximum absolute atomic E-state index is 13.2. The van der Waals surface area contributed by atoms with E-state index < -0.39 is 4.92 Å². The number of nitro benzene ring substituents is 1. The van der Waals surface area contributed by atoms with Gasteiger partial charge in [0.15, 0.2) is 0 Å². The average molecular weight is 467 g/mol. The summed E-state index contributed by atoms with van der Waals surface area (Å²) in [6.07, 6.45) is 0.846. The maximum atomic E-state index is 13.2. The van der Waals surface area contributed by atoms with Crippen molar-refractivity contribution in [2.45, 2.75) is 13.3 Å². The SMILES string of the molecule is Cc1nc(-c2cccs2)cc(-c2ccc([N+](=O)[O-])cc2)c1C(=O)NCCCN1CCOCC1. The molecular formula is C24H26N4O4S. The monoisotopic (exact) mass is 466 g/mol. The standard InChI is InChI=1S/C24H26N4O4S/c1-17-23(24(29)25-9-3-10-27-11-13-32-14-12-27)20(16-21(26-17)22-4-2-15-33-22)18-5-7-19(8-6-18)28(30)31/h2,4-8,15-16H,3,9-14H2,1H3,(H,25,29). The normalized spacial score (nSPS) is 14.2. The van der Waals surface area contributed by atoms with Gasteiger partial charge in [-0.05, 0) is 60.7 Å². The molecule has 9 heteroatoms. The number of rotatable bonds is 8. The number of carbonyl (C=O) groups excluding carboxylic acids is 1. The van der Waals surface area contributed by atoms with E-state index in [4.69, 9.17) is 4.74 Å². The Hall–Kier alpha value is -3.14. The molecule has 1 N–H and O–H groups in total. The van der Waals surface area contributed by atoms with Crippen LogP contribution in [-0.4, -0.2) is 60.1 Å². The molecule has 3 aromatic rings. The van der Waals surface area contributed by atoms with Crippen molar-refractivity contribution in [3.8, 4) is 21.7 Å². The summed E-state index contributed by atoms with van der Waals surface area (Å²) in [6.45, 7) is 6.65. The summed E-state index contributed by atoms with van der Waals surface area (Å²) < 4.78 is 5.37. The van der Waals surface area contributed by atoms with E-state index in [9.17, 15) is 14.9 Å². The second kappa shape index (κ2) is 10.7. The second-order valence-corrected chi connectivity index (χ2v) is 8.81. The van der Waals surface area contributed by atoms with Crippen LogP contribution in [0.5, 0.6) is 0 Å². The minimum absolute atomic E-state index is 0.0112. The third kappa shape index (κ3) is 5.62. The molecule has 33 heavy (non-hydrogen) atoms. The predicted molar refractivity (Wildman–Crippen MR) is 129 cm³/mol. The summed E-state index contributed by atoms with van der Waals surface area (Å²) in [7, 11) is 0. The largest absolute Gasteiger partial charge is 0.379 e.